The van der Waals surface area contributed by atoms with Gasteiger partial charge in [-0.1, -0.05) is 27.5 Å². The van der Waals surface area contributed by atoms with Crippen molar-refractivity contribution in [3.8, 4) is 0 Å². The first-order chi connectivity index (χ1) is 20.7. The Hall–Kier alpha value is -2.21. The molecule has 43 heavy (non-hydrogen) atoms. The number of carbonyl (C=O) groups is 3. The van der Waals surface area contributed by atoms with Gasteiger partial charge >= 0.3 is 12.0 Å². The molecule has 1 aliphatic carbocycles. The number of benzene rings is 1. The van der Waals surface area contributed by atoms with E-state index in [9.17, 15) is 19.5 Å². The van der Waals surface area contributed by atoms with Crippen LogP contribution in [0.3, 0.4) is 0 Å². The fourth-order valence-corrected chi connectivity index (χ4v) is 8.29. The smallest absolute Gasteiger partial charge is 0.330 e. The monoisotopic (exact) mass is 738 g/mol. The number of nitrogens with one attached hydrogen (secondary N) is 1. The number of aliphatic hydroxyl groups excluding tert-OH is 1. The summed E-state index contributed by atoms with van der Waals surface area (Å²) in [4.78, 5) is 46.2. The minimum atomic E-state index is -1.09. The van der Waals surface area contributed by atoms with Crippen molar-refractivity contribution in [2.75, 3.05) is 39.9 Å². The highest BCUT2D eigenvalue weighted by atomic mass is 79.9. The zero-order valence-electron chi connectivity index (χ0n) is 24.2. The maximum atomic E-state index is 13.4. The maximum Gasteiger partial charge on any atom is 0.330 e. The van der Waals surface area contributed by atoms with Crippen LogP contribution in [0.4, 0.5) is 4.79 Å². The second-order valence-corrected chi connectivity index (χ2v) is 13.9. The highest BCUT2D eigenvalue weighted by Gasteiger charge is 2.37. The predicted octanol–water partition coefficient (Wildman–Crippen LogP) is 5.07. The van der Waals surface area contributed by atoms with Crippen molar-refractivity contribution < 1.29 is 24.2 Å². The molecule has 3 aliphatic rings. The van der Waals surface area contributed by atoms with Gasteiger partial charge in [-0.15, -0.1) is 0 Å². The van der Waals surface area contributed by atoms with Gasteiger partial charge in [0.25, 0.3) is 0 Å². The van der Waals surface area contributed by atoms with Crippen molar-refractivity contribution in [2.45, 2.75) is 56.9 Å². The van der Waals surface area contributed by atoms with Crippen LogP contribution in [0.15, 0.2) is 33.3 Å². The van der Waals surface area contributed by atoms with Crippen molar-refractivity contribution in [2.24, 2.45) is 11.8 Å². The summed E-state index contributed by atoms with van der Waals surface area (Å²) < 4.78 is 6.62. The Morgan fingerprint density at radius 2 is 1.72 bits per heavy atom. The average molecular weight is 741 g/mol. The second kappa shape index (κ2) is 14.3. The Morgan fingerprint density at radius 3 is 2.40 bits per heavy atom. The maximum absolute atomic E-state index is 13.4. The number of likely N-dealkylation sites (tertiary alicyclic amines) is 2. The zero-order valence-corrected chi connectivity index (χ0v) is 28.1. The number of halogens is 3. The number of urea groups is 1. The summed E-state index contributed by atoms with van der Waals surface area (Å²) in [7, 11) is 1.21. The highest BCUT2D eigenvalue weighted by molar-refractivity contribution is 9.10. The number of hydrogen-bond donors (Lipinski definition) is 2. The summed E-state index contributed by atoms with van der Waals surface area (Å²) in [5.41, 5.74) is 4.92. The number of aromatic nitrogens is 1. The van der Waals surface area contributed by atoms with Crippen LogP contribution >= 0.6 is 43.5 Å². The third-order valence-electron chi connectivity index (χ3n) is 9.11. The molecular weight excluding hydrogens is 704 g/mol. The van der Waals surface area contributed by atoms with E-state index in [0.717, 1.165) is 45.3 Å². The number of esters is 1. The lowest BCUT2D eigenvalue weighted by molar-refractivity contribution is -0.144. The number of piperidine rings is 2. The molecule has 12 heteroatoms. The van der Waals surface area contributed by atoms with Crippen LogP contribution in [0.2, 0.25) is 5.02 Å². The quantitative estimate of drug-likeness (QED) is 0.400. The molecule has 2 N–H and O–H groups in total. The normalized spacial score (nSPS) is 20.1. The number of pyridine rings is 1. The molecule has 2 saturated heterocycles. The molecule has 9 nitrogen and oxygen atoms in total. The summed E-state index contributed by atoms with van der Waals surface area (Å²) in [5.74, 6) is 0.162. The minimum Gasteiger partial charge on any atom is -0.467 e. The molecular formula is C31H37Br2ClN4O5. The number of fused-ring (bicyclic) bond motifs is 2. The molecule has 2 fully saturated rings. The van der Waals surface area contributed by atoms with Gasteiger partial charge in [-0.05, 0) is 101 Å². The van der Waals surface area contributed by atoms with E-state index < -0.39 is 24.6 Å². The molecule has 0 radical (unpaired) electrons. The molecule has 0 spiro atoms. The Balaban J connectivity index is 1.18. The number of aliphatic hydroxyl groups is 1. The number of nitrogens with zero attached hydrogens (tertiary/aromatic N) is 3. The number of amides is 3. The fraction of sp³-hybridized carbons (Fsp3) is 0.548. The number of rotatable bonds is 6. The van der Waals surface area contributed by atoms with Gasteiger partial charge in [0.15, 0.2) is 6.04 Å². The summed E-state index contributed by atoms with van der Waals surface area (Å²) in [5, 5.41) is 12.6. The molecule has 2 aromatic rings. The molecule has 232 valence electrons. The van der Waals surface area contributed by atoms with Crippen LogP contribution in [0.5, 0.6) is 0 Å². The first kappa shape index (κ1) is 32.2. The van der Waals surface area contributed by atoms with Gasteiger partial charge in [0.1, 0.15) is 0 Å². The highest BCUT2D eigenvalue weighted by Crippen LogP contribution is 2.46. The average Bonchev–Trinajstić information content (AvgIpc) is 3.16. The first-order valence-electron chi connectivity index (χ1n) is 14.8. The Morgan fingerprint density at radius 1 is 1.05 bits per heavy atom. The van der Waals surface area contributed by atoms with E-state index in [-0.39, 0.29) is 17.7 Å². The van der Waals surface area contributed by atoms with Crippen LogP contribution in [0.1, 0.15) is 60.4 Å². The third kappa shape index (κ3) is 7.37. The third-order valence-corrected chi connectivity index (χ3v) is 10.4. The number of hydrogen-bond acceptors (Lipinski definition) is 6. The Kier molecular flexibility index (Phi) is 10.7. The van der Waals surface area contributed by atoms with Gasteiger partial charge in [0.2, 0.25) is 5.91 Å². The minimum absolute atomic E-state index is 0.129. The molecule has 2 aliphatic heterocycles. The number of carbonyl (C=O) groups excluding carboxylic acids is 3. The Labute approximate surface area is 273 Å². The van der Waals surface area contributed by atoms with Gasteiger partial charge in [-0.2, -0.15) is 0 Å². The van der Waals surface area contributed by atoms with E-state index >= 15 is 0 Å². The molecule has 3 heterocycles. The fourth-order valence-electron chi connectivity index (χ4n) is 6.79. The van der Waals surface area contributed by atoms with Crippen molar-refractivity contribution in [1.29, 1.82) is 0 Å². The molecule has 3 amide bonds. The van der Waals surface area contributed by atoms with Crippen LogP contribution in [0.25, 0.3) is 0 Å². The van der Waals surface area contributed by atoms with Crippen LogP contribution < -0.4 is 5.32 Å². The van der Waals surface area contributed by atoms with Crippen molar-refractivity contribution in [3.05, 3.63) is 60.7 Å². The lowest BCUT2D eigenvalue weighted by Crippen LogP contribution is -2.52. The lowest BCUT2D eigenvalue weighted by Gasteiger charge is -2.38. The summed E-state index contributed by atoms with van der Waals surface area (Å²) >= 11 is 13.9. The molecule has 2 atom stereocenters. The summed E-state index contributed by atoms with van der Waals surface area (Å²) in [6.45, 7) is 1.88. The van der Waals surface area contributed by atoms with Gasteiger partial charge in [-0.3, -0.25) is 9.78 Å². The topological polar surface area (TPSA) is 112 Å². The number of aryl methyl sites for hydroxylation is 2. The number of ether oxygens (including phenoxy) is 1. The summed E-state index contributed by atoms with van der Waals surface area (Å²) in [6.07, 6.45) is 7.38. The SMILES string of the molecule is COC(=O)C(CO)NC(=O)N1CCC(CC(=O)N2CCC([C@H]3c4ncc(Br)cc4CCc4cc(Cl)cc(Br)c43)CC2)CC1. The van der Waals surface area contributed by atoms with Gasteiger partial charge in [0.05, 0.1) is 19.4 Å². The van der Waals surface area contributed by atoms with Crippen LogP contribution in [-0.4, -0.2) is 83.7 Å². The van der Waals surface area contributed by atoms with E-state index in [4.69, 9.17) is 16.6 Å². The van der Waals surface area contributed by atoms with Crippen molar-refractivity contribution in [1.82, 2.24) is 20.1 Å². The van der Waals surface area contributed by atoms with E-state index in [2.05, 4.69) is 54.0 Å². The molecule has 1 unspecified atom stereocenters. The molecule has 1 aromatic heterocycles. The molecule has 1 aromatic carbocycles. The van der Waals surface area contributed by atoms with Gasteiger partial charge < -0.3 is 25.0 Å². The molecule has 0 saturated carbocycles. The first-order valence-corrected chi connectivity index (χ1v) is 16.8. The van der Waals surface area contributed by atoms with Crippen molar-refractivity contribution >= 4 is 61.4 Å². The zero-order chi connectivity index (χ0) is 30.7. The standard InChI is InChI=1S/C31H37Br2ClN4O5/c1-43-30(41)25(17-39)36-31(42)38-8-4-18(5-9-38)12-26(40)37-10-6-19(7-11-37)28-27-20(14-23(34)15-24(27)33)2-3-21-13-22(32)16-35-29(21)28/h13-16,18-19,25,28,39H,2-12,17H2,1H3,(H,36,42)/t25?,28-/m1/s1. The van der Waals surface area contributed by atoms with E-state index in [1.807, 2.05) is 17.2 Å². The second-order valence-electron chi connectivity index (χ2n) is 11.7. The largest absolute Gasteiger partial charge is 0.467 e. The lowest BCUT2D eigenvalue weighted by atomic mass is 9.76. The van der Waals surface area contributed by atoms with Gasteiger partial charge in [0, 0.05) is 58.7 Å². The van der Waals surface area contributed by atoms with E-state index in [0.29, 0.717) is 51.4 Å². The van der Waals surface area contributed by atoms with E-state index in [1.54, 1.807) is 4.90 Å². The van der Waals surface area contributed by atoms with Gasteiger partial charge in [-0.25, -0.2) is 9.59 Å². The van der Waals surface area contributed by atoms with Crippen LogP contribution in [-0.2, 0) is 27.2 Å². The molecule has 5 rings (SSSR count). The summed E-state index contributed by atoms with van der Waals surface area (Å²) in [6, 6.07) is 4.77. The van der Waals surface area contributed by atoms with Crippen molar-refractivity contribution in [3.63, 3.8) is 0 Å². The van der Waals surface area contributed by atoms with E-state index in [1.165, 1.54) is 23.8 Å². The predicted molar refractivity (Wildman–Crippen MR) is 170 cm³/mol. The Bertz CT molecular complexity index is 1360. The molecule has 0 bridgehead atoms. The number of methoxy groups -OCH3 is 1. The van der Waals surface area contributed by atoms with Crippen LogP contribution in [0, 0.1) is 11.8 Å².